The van der Waals surface area contributed by atoms with E-state index < -0.39 is 0 Å². The first-order valence-corrected chi connectivity index (χ1v) is 3.43. The molecule has 2 heteroatoms. The maximum absolute atomic E-state index is 7.50. The van der Waals surface area contributed by atoms with Crippen LogP contribution in [0, 0.1) is 0 Å². The van der Waals surface area contributed by atoms with Crippen molar-refractivity contribution < 1.29 is 5.11 Å². The molecule has 54 valence electrons. The summed E-state index contributed by atoms with van der Waals surface area (Å²) in [7, 11) is 0. The molecule has 0 spiro atoms. The molecule has 0 fully saturated rings. The van der Waals surface area contributed by atoms with Crippen LogP contribution in [-0.2, 0) is 0 Å². The SMILES string of the molecule is [OH2+]c1cccc2cccnc12. The highest BCUT2D eigenvalue weighted by molar-refractivity contribution is 5.83. The smallest absolute Gasteiger partial charge is 0.280 e. The Kier molecular flexibility index (Phi) is 1.25. The summed E-state index contributed by atoms with van der Waals surface area (Å²) < 4.78 is 0. The number of pyridine rings is 1. The van der Waals surface area contributed by atoms with Crippen molar-refractivity contribution >= 4 is 10.9 Å². The Labute approximate surface area is 64.1 Å². The number of hydrogen-bond donors (Lipinski definition) is 0. The van der Waals surface area contributed by atoms with Crippen LogP contribution in [0.5, 0.6) is 5.75 Å². The molecule has 1 heterocycles. The summed E-state index contributed by atoms with van der Waals surface area (Å²) in [5.41, 5.74) is 0.773. The number of benzene rings is 1. The van der Waals surface area contributed by atoms with Gasteiger partial charge >= 0.3 is 0 Å². The zero-order valence-electron chi connectivity index (χ0n) is 5.91. The molecule has 0 unspecified atom stereocenters. The van der Waals surface area contributed by atoms with Gasteiger partial charge in [0.25, 0.3) is 5.75 Å². The number of rotatable bonds is 0. The van der Waals surface area contributed by atoms with Gasteiger partial charge in [-0.25, -0.2) is 4.98 Å². The fourth-order valence-electron chi connectivity index (χ4n) is 1.10. The number of aromatic nitrogens is 1. The average Bonchev–Trinajstić information content (AvgIpc) is 2.06. The monoisotopic (exact) mass is 146 g/mol. The summed E-state index contributed by atoms with van der Waals surface area (Å²) in [6, 6.07) is 9.41. The Balaban J connectivity index is 2.91. The van der Waals surface area contributed by atoms with Crippen molar-refractivity contribution in [3.63, 3.8) is 0 Å². The lowest BCUT2D eigenvalue weighted by Gasteiger charge is -1.93. The lowest BCUT2D eigenvalue weighted by atomic mass is 10.2. The van der Waals surface area contributed by atoms with Crippen LogP contribution in [0.2, 0.25) is 0 Å². The number of hydrogen-bond acceptors (Lipinski definition) is 1. The maximum Gasteiger partial charge on any atom is 0.280 e. The van der Waals surface area contributed by atoms with Crippen LogP contribution >= 0.6 is 0 Å². The van der Waals surface area contributed by atoms with Gasteiger partial charge in [0.2, 0.25) is 0 Å². The molecule has 0 bridgehead atoms. The summed E-state index contributed by atoms with van der Waals surface area (Å²) >= 11 is 0. The minimum atomic E-state index is 0.489. The number of nitrogens with zero attached hydrogens (tertiary/aromatic N) is 1. The Morgan fingerprint density at radius 1 is 1.09 bits per heavy atom. The third kappa shape index (κ3) is 0.923. The van der Waals surface area contributed by atoms with E-state index in [1.165, 1.54) is 0 Å². The molecule has 2 N–H and O–H groups in total. The summed E-state index contributed by atoms with van der Waals surface area (Å²) in [6.07, 6.45) is 1.71. The molecule has 0 aliphatic carbocycles. The van der Waals surface area contributed by atoms with Crippen molar-refractivity contribution in [2.24, 2.45) is 0 Å². The Hall–Kier alpha value is -1.57. The van der Waals surface area contributed by atoms with Crippen LogP contribution in [0.15, 0.2) is 36.5 Å². The molecular formula is C9H8NO+. The van der Waals surface area contributed by atoms with Gasteiger partial charge in [0, 0.05) is 17.6 Å². The van der Waals surface area contributed by atoms with E-state index in [-0.39, 0.29) is 0 Å². The molecular weight excluding hydrogens is 138 g/mol. The van der Waals surface area contributed by atoms with Gasteiger partial charge in [0.05, 0.1) is 0 Å². The van der Waals surface area contributed by atoms with E-state index in [1.54, 1.807) is 12.3 Å². The molecule has 2 rings (SSSR count). The normalized spacial score (nSPS) is 10.2. The minimum absolute atomic E-state index is 0.489. The van der Waals surface area contributed by atoms with E-state index in [0.29, 0.717) is 5.75 Å². The lowest BCUT2D eigenvalue weighted by molar-refractivity contribution is 0.480. The molecule has 1 aromatic heterocycles. The van der Waals surface area contributed by atoms with E-state index >= 15 is 0 Å². The highest BCUT2D eigenvalue weighted by Crippen LogP contribution is 2.20. The first kappa shape index (κ1) is 6.16. The zero-order chi connectivity index (χ0) is 7.68. The molecule has 0 atom stereocenters. The fraction of sp³-hybridized carbons (Fsp3) is 0. The van der Waals surface area contributed by atoms with Gasteiger partial charge in [-0.1, -0.05) is 18.2 Å². The van der Waals surface area contributed by atoms with Crippen molar-refractivity contribution in [3.05, 3.63) is 36.5 Å². The van der Waals surface area contributed by atoms with E-state index in [2.05, 4.69) is 4.98 Å². The van der Waals surface area contributed by atoms with Crippen LogP contribution in [-0.4, -0.2) is 10.1 Å². The van der Waals surface area contributed by atoms with Gasteiger partial charge < -0.3 is 5.11 Å². The van der Waals surface area contributed by atoms with Crippen LogP contribution in [0.25, 0.3) is 10.9 Å². The van der Waals surface area contributed by atoms with Gasteiger partial charge in [-0.05, 0) is 6.07 Å². The topological polar surface area (TPSA) is 35.8 Å². The highest BCUT2D eigenvalue weighted by Gasteiger charge is 2.00. The highest BCUT2D eigenvalue weighted by atomic mass is 16.3. The van der Waals surface area contributed by atoms with Crippen LogP contribution in [0.4, 0.5) is 0 Å². The molecule has 1 aromatic carbocycles. The largest absolute Gasteiger partial charge is 0.592 e. The summed E-state index contributed by atoms with van der Waals surface area (Å²) in [6.45, 7) is 0. The van der Waals surface area contributed by atoms with Gasteiger partial charge in [0.15, 0.2) is 5.52 Å². The van der Waals surface area contributed by atoms with Crippen molar-refractivity contribution in [2.75, 3.05) is 0 Å². The third-order valence-electron chi connectivity index (χ3n) is 1.63. The van der Waals surface area contributed by atoms with Crippen molar-refractivity contribution in [2.45, 2.75) is 0 Å². The van der Waals surface area contributed by atoms with Gasteiger partial charge in [-0.15, -0.1) is 0 Å². The molecule has 2 nitrogen and oxygen atoms in total. The molecule has 2 aromatic rings. The maximum atomic E-state index is 7.50. The first-order valence-electron chi connectivity index (χ1n) is 3.43. The second-order valence-corrected chi connectivity index (χ2v) is 2.38. The van der Waals surface area contributed by atoms with E-state index in [4.69, 9.17) is 5.11 Å². The second-order valence-electron chi connectivity index (χ2n) is 2.38. The first-order chi connectivity index (χ1) is 5.38. The zero-order valence-corrected chi connectivity index (χ0v) is 5.91. The second kappa shape index (κ2) is 2.23. The molecule has 11 heavy (non-hydrogen) atoms. The van der Waals surface area contributed by atoms with Gasteiger partial charge in [-0.3, -0.25) is 0 Å². The Morgan fingerprint density at radius 3 is 2.73 bits per heavy atom. The predicted octanol–water partition coefficient (Wildman–Crippen LogP) is 1.67. The Morgan fingerprint density at radius 2 is 1.91 bits per heavy atom. The van der Waals surface area contributed by atoms with Crippen molar-refractivity contribution in [1.29, 1.82) is 0 Å². The third-order valence-corrected chi connectivity index (χ3v) is 1.63. The molecule has 0 aliphatic heterocycles. The van der Waals surface area contributed by atoms with Crippen molar-refractivity contribution in [1.82, 2.24) is 4.98 Å². The molecule has 0 saturated heterocycles. The van der Waals surface area contributed by atoms with Crippen LogP contribution < -0.4 is 0 Å². The fourth-order valence-corrected chi connectivity index (χ4v) is 1.10. The average molecular weight is 146 g/mol. The van der Waals surface area contributed by atoms with E-state index in [9.17, 15) is 0 Å². The molecule has 0 aliphatic rings. The van der Waals surface area contributed by atoms with Crippen molar-refractivity contribution in [3.8, 4) is 5.75 Å². The van der Waals surface area contributed by atoms with E-state index in [1.807, 2.05) is 24.3 Å². The predicted molar refractivity (Wildman–Crippen MR) is 44.8 cm³/mol. The van der Waals surface area contributed by atoms with Gasteiger partial charge in [-0.2, -0.15) is 0 Å². The molecule has 0 amide bonds. The molecule has 0 radical (unpaired) electrons. The van der Waals surface area contributed by atoms with E-state index in [0.717, 1.165) is 10.9 Å². The number of fused-ring (bicyclic) bond motifs is 1. The summed E-state index contributed by atoms with van der Waals surface area (Å²) in [4.78, 5) is 4.09. The minimum Gasteiger partial charge on any atom is -0.592 e. The molecule has 0 saturated carbocycles. The van der Waals surface area contributed by atoms with Crippen LogP contribution in [0.1, 0.15) is 0 Å². The van der Waals surface area contributed by atoms with Crippen LogP contribution in [0.3, 0.4) is 0 Å². The number of para-hydroxylation sites is 1. The van der Waals surface area contributed by atoms with Gasteiger partial charge in [0.1, 0.15) is 0 Å². The summed E-state index contributed by atoms with van der Waals surface area (Å²) in [5.74, 6) is 0.489. The quantitative estimate of drug-likeness (QED) is 0.521. The lowest BCUT2D eigenvalue weighted by Crippen LogP contribution is -1.76. The Bertz CT molecular complexity index is 379. The standard InChI is InChI=1S/C9H7NO/c11-8-5-1-3-7-4-2-6-10-9(7)8/h1-6,11H/p+1. The summed E-state index contributed by atoms with van der Waals surface area (Å²) in [5, 5.41) is 8.53.